The maximum Gasteiger partial charge on any atom is 0.247 e. The minimum atomic E-state index is -0.456. The van der Waals surface area contributed by atoms with Gasteiger partial charge in [-0.2, -0.15) is 4.98 Å². The monoisotopic (exact) mass is 280 g/mol. The average molecular weight is 280 g/mol. The Morgan fingerprint density at radius 1 is 1.00 bits per heavy atom. The Hall–Kier alpha value is -2.27. The summed E-state index contributed by atoms with van der Waals surface area (Å²) in [5.74, 6) is 1.04. The molecule has 0 amide bonds. The molecule has 0 atom stereocenters. The predicted octanol–water partition coefficient (Wildman–Crippen LogP) is 3.01. The molecule has 0 aliphatic heterocycles. The fourth-order valence-electron chi connectivity index (χ4n) is 2.94. The Bertz CT molecular complexity index is 790. The van der Waals surface area contributed by atoms with Crippen molar-refractivity contribution in [3.8, 4) is 11.5 Å². The minimum absolute atomic E-state index is 0.456. The smallest absolute Gasteiger partial charge is 0.247 e. The van der Waals surface area contributed by atoms with Gasteiger partial charge >= 0.3 is 0 Å². The van der Waals surface area contributed by atoms with Gasteiger partial charge in [0.1, 0.15) is 5.69 Å². The fraction of sp³-hybridized carbons (Fsp3) is 0.312. The lowest BCUT2D eigenvalue weighted by Crippen LogP contribution is -2.33. The summed E-state index contributed by atoms with van der Waals surface area (Å²) >= 11 is 0. The first kappa shape index (κ1) is 12.5. The molecule has 2 N–H and O–H groups in total. The van der Waals surface area contributed by atoms with Crippen LogP contribution < -0.4 is 5.73 Å². The third-order valence-electron chi connectivity index (χ3n) is 4.18. The number of pyridine rings is 1. The molecule has 0 unspecified atom stereocenters. The molecule has 0 radical (unpaired) electrons. The van der Waals surface area contributed by atoms with E-state index in [1.165, 1.54) is 0 Å². The van der Waals surface area contributed by atoms with E-state index >= 15 is 0 Å². The third kappa shape index (κ3) is 2.10. The summed E-state index contributed by atoms with van der Waals surface area (Å²) in [7, 11) is 0. The second-order valence-electron chi connectivity index (χ2n) is 5.68. The number of para-hydroxylation sites is 1. The fourth-order valence-corrected chi connectivity index (χ4v) is 2.94. The summed E-state index contributed by atoms with van der Waals surface area (Å²) in [6.45, 7) is 0. The summed E-state index contributed by atoms with van der Waals surface area (Å²) in [6.07, 6.45) is 4.03. The van der Waals surface area contributed by atoms with Gasteiger partial charge < -0.3 is 10.3 Å². The van der Waals surface area contributed by atoms with Crippen LogP contribution in [-0.2, 0) is 5.54 Å². The Morgan fingerprint density at radius 2 is 1.81 bits per heavy atom. The zero-order valence-electron chi connectivity index (χ0n) is 11.6. The quantitative estimate of drug-likeness (QED) is 0.780. The molecule has 2 heterocycles. The lowest BCUT2D eigenvalue weighted by molar-refractivity contribution is 0.285. The van der Waals surface area contributed by atoms with Crippen LogP contribution in [0.15, 0.2) is 40.9 Å². The van der Waals surface area contributed by atoms with Crippen LogP contribution >= 0.6 is 0 Å². The van der Waals surface area contributed by atoms with E-state index in [4.69, 9.17) is 10.3 Å². The van der Waals surface area contributed by atoms with Crippen LogP contribution in [0.5, 0.6) is 0 Å². The summed E-state index contributed by atoms with van der Waals surface area (Å²) < 4.78 is 5.39. The van der Waals surface area contributed by atoms with Crippen molar-refractivity contribution < 1.29 is 4.52 Å². The van der Waals surface area contributed by atoms with Crippen molar-refractivity contribution in [2.75, 3.05) is 0 Å². The van der Waals surface area contributed by atoms with E-state index in [0.29, 0.717) is 17.4 Å². The summed E-state index contributed by atoms with van der Waals surface area (Å²) in [4.78, 5) is 9.06. The molecule has 0 spiro atoms. The molecule has 21 heavy (non-hydrogen) atoms. The molecule has 5 nitrogen and oxygen atoms in total. The first-order chi connectivity index (χ1) is 10.2. The molecule has 1 saturated carbocycles. The predicted molar refractivity (Wildman–Crippen MR) is 79.4 cm³/mol. The van der Waals surface area contributed by atoms with Gasteiger partial charge in [-0.25, -0.2) is 4.98 Å². The van der Waals surface area contributed by atoms with Gasteiger partial charge in [0, 0.05) is 5.39 Å². The van der Waals surface area contributed by atoms with Crippen LogP contribution in [0.25, 0.3) is 22.4 Å². The molecule has 1 aliphatic rings. The summed E-state index contributed by atoms with van der Waals surface area (Å²) in [5.41, 5.74) is 7.52. The Labute approximate surface area is 122 Å². The number of benzene rings is 1. The molecular formula is C16H16N4O. The molecular weight excluding hydrogens is 264 g/mol. The highest BCUT2D eigenvalue weighted by molar-refractivity contribution is 5.80. The van der Waals surface area contributed by atoms with Crippen molar-refractivity contribution in [1.82, 2.24) is 15.1 Å². The lowest BCUT2D eigenvalue weighted by atomic mass is 9.99. The third-order valence-corrected chi connectivity index (χ3v) is 4.18. The van der Waals surface area contributed by atoms with Gasteiger partial charge in [0.25, 0.3) is 0 Å². The summed E-state index contributed by atoms with van der Waals surface area (Å²) in [5, 5.41) is 5.15. The van der Waals surface area contributed by atoms with Crippen molar-refractivity contribution in [2.24, 2.45) is 5.73 Å². The number of nitrogens with zero attached hydrogens (tertiary/aromatic N) is 3. The van der Waals surface area contributed by atoms with Gasteiger partial charge in [-0.1, -0.05) is 42.3 Å². The molecule has 2 aromatic heterocycles. The molecule has 0 saturated heterocycles. The van der Waals surface area contributed by atoms with Gasteiger partial charge in [0.15, 0.2) is 0 Å². The van der Waals surface area contributed by atoms with Gasteiger partial charge in [0.05, 0.1) is 11.1 Å². The van der Waals surface area contributed by atoms with Gasteiger partial charge in [-0.05, 0) is 25.0 Å². The molecule has 1 aromatic carbocycles. The van der Waals surface area contributed by atoms with E-state index in [0.717, 1.165) is 36.6 Å². The summed E-state index contributed by atoms with van der Waals surface area (Å²) in [6, 6.07) is 11.9. The Balaban J connectivity index is 1.73. The maximum absolute atomic E-state index is 6.35. The van der Waals surface area contributed by atoms with Gasteiger partial charge in [0.2, 0.25) is 11.7 Å². The SMILES string of the molecule is NC1(c2nc(-c3ccc4ccccc4n3)no2)CCCC1. The topological polar surface area (TPSA) is 77.8 Å². The van der Waals surface area contributed by atoms with Crippen LogP contribution in [0.3, 0.4) is 0 Å². The number of aromatic nitrogens is 3. The zero-order chi connectivity index (χ0) is 14.3. The van der Waals surface area contributed by atoms with E-state index < -0.39 is 5.54 Å². The van der Waals surface area contributed by atoms with Crippen molar-refractivity contribution in [3.05, 3.63) is 42.3 Å². The number of rotatable bonds is 2. The maximum atomic E-state index is 6.35. The molecule has 106 valence electrons. The van der Waals surface area contributed by atoms with E-state index in [2.05, 4.69) is 15.1 Å². The first-order valence-electron chi connectivity index (χ1n) is 7.24. The largest absolute Gasteiger partial charge is 0.337 e. The lowest BCUT2D eigenvalue weighted by Gasteiger charge is -2.17. The number of hydrogen-bond donors (Lipinski definition) is 1. The molecule has 4 rings (SSSR count). The van der Waals surface area contributed by atoms with Crippen molar-refractivity contribution in [2.45, 2.75) is 31.2 Å². The van der Waals surface area contributed by atoms with Crippen LogP contribution in [-0.4, -0.2) is 15.1 Å². The van der Waals surface area contributed by atoms with E-state index in [1.807, 2.05) is 36.4 Å². The van der Waals surface area contributed by atoms with Crippen LogP contribution in [0.4, 0.5) is 0 Å². The van der Waals surface area contributed by atoms with Crippen molar-refractivity contribution in [1.29, 1.82) is 0 Å². The van der Waals surface area contributed by atoms with Crippen molar-refractivity contribution in [3.63, 3.8) is 0 Å². The zero-order valence-corrected chi connectivity index (χ0v) is 11.6. The van der Waals surface area contributed by atoms with E-state index in [9.17, 15) is 0 Å². The molecule has 1 fully saturated rings. The van der Waals surface area contributed by atoms with Crippen LogP contribution in [0.1, 0.15) is 31.6 Å². The minimum Gasteiger partial charge on any atom is -0.337 e. The average Bonchev–Trinajstić information content (AvgIpc) is 3.17. The number of nitrogens with two attached hydrogens (primary N) is 1. The highest BCUT2D eigenvalue weighted by Gasteiger charge is 2.37. The Kier molecular flexibility index (Phi) is 2.75. The normalized spacial score (nSPS) is 17.4. The highest BCUT2D eigenvalue weighted by Crippen LogP contribution is 2.35. The number of hydrogen-bond acceptors (Lipinski definition) is 5. The van der Waals surface area contributed by atoms with Gasteiger partial charge in [-0.15, -0.1) is 0 Å². The molecule has 3 aromatic rings. The Morgan fingerprint density at radius 3 is 2.67 bits per heavy atom. The molecule has 1 aliphatic carbocycles. The van der Waals surface area contributed by atoms with Gasteiger partial charge in [-0.3, -0.25) is 0 Å². The van der Waals surface area contributed by atoms with Crippen molar-refractivity contribution >= 4 is 10.9 Å². The van der Waals surface area contributed by atoms with Crippen LogP contribution in [0, 0.1) is 0 Å². The number of fused-ring (bicyclic) bond motifs is 1. The van der Waals surface area contributed by atoms with Crippen LogP contribution in [0.2, 0.25) is 0 Å². The second-order valence-corrected chi connectivity index (χ2v) is 5.68. The first-order valence-corrected chi connectivity index (χ1v) is 7.24. The van der Waals surface area contributed by atoms with E-state index in [1.54, 1.807) is 0 Å². The molecule has 0 bridgehead atoms. The molecule has 5 heteroatoms. The highest BCUT2D eigenvalue weighted by atomic mass is 16.5. The standard InChI is InChI=1S/C16H16N4O/c17-16(9-3-4-10-16)15-19-14(20-21-15)13-8-7-11-5-1-2-6-12(11)18-13/h1-2,5-8H,3-4,9-10,17H2. The second kappa shape index (κ2) is 4.63. The van der Waals surface area contributed by atoms with E-state index in [-0.39, 0.29) is 0 Å².